The van der Waals surface area contributed by atoms with Crippen LogP contribution in [0.3, 0.4) is 0 Å². The Morgan fingerprint density at radius 3 is 2.21 bits per heavy atom. The predicted octanol–water partition coefficient (Wildman–Crippen LogP) is 7.89. The van der Waals surface area contributed by atoms with Gasteiger partial charge in [0, 0.05) is 39.2 Å². The lowest BCUT2D eigenvalue weighted by molar-refractivity contribution is -0.126. The number of methoxy groups -OCH3 is 1. The van der Waals surface area contributed by atoms with Gasteiger partial charge in [0.25, 0.3) is 6.47 Å². The van der Waals surface area contributed by atoms with Gasteiger partial charge >= 0.3 is 5.63 Å². The molecule has 0 aliphatic rings. The number of thiophene rings is 1. The average molecular weight is 631 g/mol. The van der Waals surface area contributed by atoms with E-state index in [1.165, 1.54) is 33.8 Å². The Morgan fingerprint density at radius 1 is 1.21 bits per heavy atom. The minimum Gasteiger partial charge on any atom is -0.507 e. The number of ether oxygens (including phenoxy) is 1. The molecule has 2 aromatic heterocycles. The zero-order valence-electron chi connectivity index (χ0n) is 25.2. The van der Waals surface area contributed by atoms with Crippen molar-refractivity contribution >= 4 is 39.5 Å². The number of hydrogen-bond acceptors (Lipinski definition) is 8. The predicted molar refractivity (Wildman–Crippen MR) is 166 cm³/mol. The maximum atomic E-state index is 11.9. The Bertz CT molecular complexity index is 1040. The molecule has 39 heavy (non-hydrogen) atoms. The first-order valence-electron chi connectivity index (χ1n) is 13.4. The van der Waals surface area contributed by atoms with Crippen molar-refractivity contribution in [1.29, 1.82) is 0 Å². The van der Waals surface area contributed by atoms with Gasteiger partial charge in [-0.2, -0.15) is 0 Å². The Kier molecular flexibility index (Phi) is 22.3. The van der Waals surface area contributed by atoms with E-state index in [9.17, 15) is 14.7 Å². The van der Waals surface area contributed by atoms with Crippen LogP contribution in [-0.4, -0.2) is 31.5 Å². The minimum absolute atomic E-state index is 0.0201. The van der Waals surface area contributed by atoms with E-state index in [1.807, 2.05) is 51.4 Å². The van der Waals surface area contributed by atoms with Crippen molar-refractivity contribution in [3.8, 4) is 5.75 Å². The lowest BCUT2D eigenvalue weighted by Gasteiger charge is -2.11. The van der Waals surface area contributed by atoms with Crippen LogP contribution in [0.4, 0.5) is 0 Å². The van der Waals surface area contributed by atoms with Crippen LogP contribution in [0.2, 0.25) is 0 Å². The van der Waals surface area contributed by atoms with E-state index in [0.29, 0.717) is 12.2 Å². The highest BCUT2D eigenvalue weighted by molar-refractivity contribution is 9.10. The Balaban J connectivity index is 0. The van der Waals surface area contributed by atoms with E-state index in [-0.39, 0.29) is 23.1 Å². The zero-order valence-corrected chi connectivity index (χ0v) is 27.6. The molecule has 0 saturated carbocycles. The monoisotopic (exact) mass is 629 g/mol. The smallest absolute Gasteiger partial charge is 0.350 e. The zero-order chi connectivity index (χ0) is 30.5. The number of carbonyl (C=O) groups is 2. The van der Waals surface area contributed by atoms with E-state index >= 15 is 0 Å². The summed E-state index contributed by atoms with van der Waals surface area (Å²) in [7, 11) is 3.13. The second-order valence-electron chi connectivity index (χ2n) is 9.15. The van der Waals surface area contributed by atoms with Gasteiger partial charge in [-0.25, -0.2) is 4.79 Å². The van der Waals surface area contributed by atoms with E-state index in [0.717, 1.165) is 25.2 Å². The summed E-state index contributed by atoms with van der Waals surface area (Å²) in [5.41, 5.74) is -1.02. The van der Waals surface area contributed by atoms with Crippen molar-refractivity contribution in [3.05, 3.63) is 60.4 Å². The number of aryl methyl sites for hydroxylation is 1. The molecule has 2 aromatic rings. The largest absolute Gasteiger partial charge is 0.507 e. The highest BCUT2D eigenvalue weighted by Crippen LogP contribution is 2.29. The SMILES string of the molecule is CC.CCc1sc(CC(C)C)cc1Br.CN/C=C/CCC(C)c1cc(O)c(C(=O)C(C)C)c(=O)o1.COC=O. The molecule has 0 amide bonds. The second kappa shape index (κ2) is 22.4. The maximum absolute atomic E-state index is 11.9. The second-order valence-corrected chi connectivity index (χ2v) is 11.2. The molecule has 0 aliphatic heterocycles. The van der Waals surface area contributed by atoms with E-state index in [4.69, 9.17) is 9.21 Å². The third kappa shape index (κ3) is 15.7. The van der Waals surface area contributed by atoms with Crippen LogP contribution in [0.5, 0.6) is 5.75 Å². The molecule has 2 N–H and O–H groups in total. The fourth-order valence-corrected chi connectivity index (χ4v) is 5.31. The highest BCUT2D eigenvalue weighted by Gasteiger charge is 2.22. The van der Waals surface area contributed by atoms with Gasteiger partial charge in [-0.1, -0.05) is 61.5 Å². The van der Waals surface area contributed by atoms with E-state index < -0.39 is 11.4 Å². The molecule has 2 rings (SSSR count). The normalized spacial score (nSPS) is 11.0. The van der Waals surface area contributed by atoms with Crippen LogP contribution in [-0.2, 0) is 22.4 Å². The number of allylic oxidation sites excluding steroid dienone is 1. The number of rotatable bonds is 11. The molecule has 2 heterocycles. The summed E-state index contributed by atoms with van der Waals surface area (Å²) in [6.07, 6.45) is 7.76. The van der Waals surface area contributed by atoms with E-state index in [1.54, 1.807) is 13.8 Å². The van der Waals surface area contributed by atoms with Crippen LogP contribution in [0.1, 0.15) is 100 Å². The van der Waals surface area contributed by atoms with Gasteiger partial charge in [-0.15, -0.1) is 11.3 Å². The fourth-order valence-electron chi connectivity index (χ4n) is 3.15. The molecule has 9 heteroatoms. The van der Waals surface area contributed by atoms with Gasteiger partial charge in [0.05, 0.1) is 7.11 Å². The lowest BCUT2D eigenvalue weighted by Crippen LogP contribution is -2.19. The molecule has 0 radical (unpaired) electrons. The summed E-state index contributed by atoms with van der Waals surface area (Å²) in [4.78, 5) is 35.7. The summed E-state index contributed by atoms with van der Waals surface area (Å²) in [5, 5.41) is 12.8. The van der Waals surface area contributed by atoms with Crippen LogP contribution in [0.15, 0.2) is 38.1 Å². The fraction of sp³-hybridized carbons (Fsp3) is 0.567. The highest BCUT2D eigenvalue weighted by atomic mass is 79.9. The number of ketones is 1. The van der Waals surface area contributed by atoms with Crippen LogP contribution < -0.4 is 10.9 Å². The number of halogens is 1. The summed E-state index contributed by atoms with van der Waals surface area (Å²) < 4.78 is 10.4. The van der Waals surface area contributed by atoms with Crippen LogP contribution in [0.25, 0.3) is 0 Å². The molecule has 1 unspecified atom stereocenters. The molecule has 222 valence electrons. The van der Waals surface area contributed by atoms with Crippen molar-refractivity contribution < 1.29 is 23.8 Å². The average Bonchev–Trinajstić information content (AvgIpc) is 3.25. The third-order valence-corrected chi connectivity index (χ3v) is 7.36. The molecule has 0 spiro atoms. The molecule has 0 fully saturated rings. The molecule has 7 nitrogen and oxygen atoms in total. The summed E-state index contributed by atoms with van der Waals surface area (Å²) in [6.45, 7) is 16.4. The lowest BCUT2D eigenvalue weighted by atomic mass is 9.99. The number of nitrogens with one attached hydrogen (secondary N) is 1. The first kappa shape index (κ1) is 38.8. The summed E-state index contributed by atoms with van der Waals surface area (Å²) >= 11 is 5.52. The summed E-state index contributed by atoms with van der Waals surface area (Å²) in [5.74, 6) is 0.0768. The molecule has 0 saturated heterocycles. The Hall–Kier alpha value is -2.39. The molecule has 0 aliphatic carbocycles. The van der Waals surface area contributed by atoms with Crippen molar-refractivity contribution in [2.45, 2.75) is 87.0 Å². The van der Waals surface area contributed by atoms with Gasteiger partial charge < -0.3 is 19.6 Å². The number of Topliss-reactive ketones (excluding diaryl/α,β-unsaturated/α-hetero) is 1. The first-order chi connectivity index (χ1) is 18.4. The number of hydrogen-bond donors (Lipinski definition) is 2. The number of carbonyl (C=O) groups excluding carboxylic acids is 2. The molecule has 1 atom stereocenters. The van der Waals surface area contributed by atoms with Gasteiger partial charge in [-0.05, 0) is 59.8 Å². The minimum atomic E-state index is -0.763. The molecular formula is C30H48BrNO6S. The van der Waals surface area contributed by atoms with Gasteiger partial charge in [0.15, 0.2) is 5.78 Å². The van der Waals surface area contributed by atoms with Crippen LogP contribution >= 0.6 is 27.3 Å². The van der Waals surface area contributed by atoms with Crippen molar-refractivity contribution in [1.82, 2.24) is 5.32 Å². The van der Waals surface area contributed by atoms with Gasteiger partial charge in [0.2, 0.25) is 0 Å². The standard InChI is InChI=1S/C16H23NO4.C10H15BrS.C2H4O2.C2H6/c1-10(2)15(19)14-12(18)9-13(21-16(14)20)11(3)7-5-6-8-17-4;1-4-10-9(11)6-8(12-10)5-7(2)3;1-4-2-3;1-2/h6,8-11,17-18H,5,7H2,1-4H3;6-7H,4-5H2,1-3H3;2H,1H3;1-2H3/b8-6+;;;. The third-order valence-electron chi connectivity index (χ3n) is 5.09. The van der Waals surface area contributed by atoms with E-state index in [2.05, 4.69) is 52.8 Å². The first-order valence-corrected chi connectivity index (χ1v) is 15.0. The van der Waals surface area contributed by atoms with Crippen molar-refractivity contribution in [2.24, 2.45) is 11.8 Å². The summed E-state index contributed by atoms with van der Waals surface area (Å²) in [6, 6.07) is 3.65. The molecule has 0 bridgehead atoms. The quantitative estimate of drug-likeness (QED) is 0.192. The maximum Gasteiger partial charge on any atom is 0.350 e. The topological polar surface area (TPSA) is 106 Å². The van der Waals surface area contributed by atoms with Crippen LogP contribution in [0, 0.1) is 11.8 Å². The Morgan fingerprint density at radius 2 is 1.79 bits per heavy atom. The Labute approximate surface area is 247 Å². The van der Waals surface area contributed by atoms with Gasteiger partial charge in [-0.3, -0.25) is 9.59 Å². The number of aromatic hydroxyl groups is 1. The van der Waals surface area contributed by atoms with Crippen molar-refractivity contribution in [3.63, 3.8) is 0 Å². The molecular weight excluding hydrogens is 582 g/mol. The van der Waals surface area contributed by atoms with Gasteiger partial charge in [0.1, 0.15) is 17.1 Å². The van der Waals surface area contributed by atoms with Crippen molar-refractivity contribution in [2.75, 3.05) is 14.2 Å². The molecule has 0 aromatic carbocycles.